The van der Waals surface area contributed by atoms with Gasteiger partial charge in [-0.05, 0) is 37.0 Å². The fourth-order valence-corrected chi connectivity index (χ4v) is 3.54. The van der Waals surface area contributed by atoms with Gasteiger partial charge in [-0.3, -0.25) is 9.59 Å². The van der Waals surface area contributed by atoms with Gasteiger partial charge in [0.05, 0.1) is 5.41 Å². The summed E-state index contributed by atoms with van der Waals surface area (Å²) in [6, 6.07) is 0. The summed E-state index contributed by atoms with van der Waals surface area (Å²) in [5.74, 6) is -1.44. The second-order valence-corrected chi connectivity index (χ2v) is 7.29. The van der Waals surface area contributed by atoms with Gasteiger partial charge in [0.2, 0.25) is 0 Å². The molecule has 0 aliphatic carbocycles. The van der Waals surface area contributed by atoms with Crippen LogP contribution in [0, 0.1) is 16.7 Å². The topological polar surface area (TPSA) is 74.6 Å². The smallest absolute Gasteiger partial charge is 0.309 e. The van der Waals surface area contributed by atoms with Crippen LogP contribution in [-0.2, 0) is 9.59 Å². The summed E-state index contributed by atoms with van der Waals surface area (Å²) in [4.78, 5) is 22.6. The van der Waals surface area contributed by atoms with Crippen molar-refractivity contribution in [2.24, 2.45) is 16.7 Å². The highest BCUT2D eigenvalue weighted by Crippen LogP contribution is 2.44. The van der Waals surface area contributed by atoms with E-state index in [1.807, 2.05) is 13.8 Å². The Morgan fingerprint density at radius 2 is 1.71 bits per heavy atom. The van der Waals surface area contributed by atoms with Gasteiger partial charge in [-0.15, -0.1) is 0 Å². The maximum absolute atomic E-state index is 11.8. The van der Waals surface area contributed by atoms with E-state index in [-0.39, 0.29) is 17.8 Å². The van der Waals surface area contributed by atoms with Crippen LogP contribution in [0.25, 0.3) is 0 Å². The molecular weight excluding hydrogens is 268 g/mol. The summed E-state index contributed by atoms with van der Waals surface area (Å²) in [6.07, 6.45) is 4.72. The first-order chi connectivity index (χ1) is 9.58. The lowest BCUT2D eigenvalue weighted by molar-refractivity contribution is -0.152. The number of carbonyl (C=O) groups is 2. The van der Waals surface area contributed by atoms with Crippen LogP contribution < -0.4 is 0 Å². The third-order valence-electron chi connectivity index (χ3n) is 4.38. The fraction of sp³-hybridized carbons (Fsp3) is 0.882. The van der Waals surface area contributed by atoms with Gasteiger partial charge in [-0.2, -0.15) is 0 Å². The van der Waals surface area contributed by atoms with E-state index in [4.69, 9.17) is 5.11 Å². The lowest BCUT2D eigenvalue weighted by Gasteiger charge is -2.38. The van der Waals surface area contributed by atoms with Crippen molar-refractivity contribution >= 4 is 11.9 Å². The molecule has 2 atom stereocenters. The van der Waals surface area contributed by atoms with Crippen LogP contribution in [0.5, 0.6) is 0 Å². The number of hydrogen-bond acceptors (Lipinski definition) is 2. The normalized spacial score (nSPS) is 16.2. The van der Waals surface area contributed by atoms with Crippen LogP contribution in [-0.4, -0.2) is 22.2 Å². The zero-order valence-corrected chi connectivity index (χ0v) is 14.2. The fourth-order valence-electron chi connectivity index (χ4n) is 3.54. The molecule has 0 saturated carbocycles. The van der Waals surface area contributed by atoms with E-state index < -0.39 is 17.4 Å². The second kappa shape index (κ2) is 8.40. The lowest BCUT2D eigenvalue weighted by atomic mass is 9.66. The van der Waals surface area contributed by atoms with Gasteiger partial charge in [0, 0.05) is 6.42 Å². The second-order valence-electron chi connectivity index (χ2n) is 7.29. The van der Waals surface area contributed by atoms with E-state index in [2.05, 4.69) is 20.8 Å². The molecule has 4 nitrogen and oxygen atoms in total. The van der Waals surface area contributed by atoms with Gasteiger partial charge in [0.15, 0.2) is 0 Å². The van der Waals surface area contributed by atoms with Crippen LogP contribution in [0.4, 0.5) is 0 Å². The quantitative estimate of drug-likeness (QED) is 0.586. The molecule has 0 amide bonds. The number of carboxylic acids is 2. The van der Waals surface area contributed by atoms with E-state index in [0.29, 0.717) is 19.3 Å². The van der Waals surface area contributed by atoms with Crippen molar-refractivity contribution in [2.75, 3.05) is 0 Å². The Labute approximate surface area is 128 Å². The summed E-state index contributed by atoms with van der Waals surface area (Å²) < 4.78 is 0. The monoisotopic (exact) mass is 300 g/mol. The molecule has 0 radical (unpaired) electrons. The molecule has 2 unspecified atom stereocenters. The first kappa shape index (κ1) is 19.9. The summed E-state index contributed by atoms with van der Waals surface area (Å²) in [7, 11) is 0. The number of unbranched alkanes of at least 4 members (excludes halogenated alkanes) is 1. The van der Waals surface area contributed by atoms with Crippen molar-refractivity contribution in [2.45, 2.75) is 79.6 Å². The van der Waals surface area contributed by atoms with Crippen LogP contribution >= 0.6 is 0 Å². The van der Waals surface area contributed by atoms with E-state index in [9.17, 15) is 14.7 Å². The molecule has 0 bridgehead atoms. The highest BCUT2D eigenvalue weighted by atomic mass is 16.4. The number of carboxylic acid groups (broad SMARTS) is 2. The maximum Gasteiger partial charge on any atom is 0.309 e. The molecule has 21 heavy (non-hydrogen) atoms. The van der Waals surface area contributed by atoms with Crippen molar-refractivity contribution < 1.29 is 19.8 Å². The minimum absolute atomic E-state index is 0.0621. The van der Waals surface area contributed by atoms with Gasteiger partial charge >= 0.3 is 11.9 Å². The molecule has 0 spiro atoms. The van der Waals surface area contributed by atoms with Crippen molar-refractivity contribution in [3.05, 3.63) is 0 Å². The standard InChI is InChI=1S/C17H32O4/c1-6-8-9-17(7-2,15(20)21)12-16(4,5)11-13(3)10-14(18)19/h13H,6-12H2,1-5H3,(H,18,19)(H,20,21). The zero-order valence-electron chi connectivity index (χ0n) is 14.2. The molecule has 0 saturated heterocycles. The van der Waals surface area contributed by atoms with Crippen LogP contribution in [0.3, 0.4) is 0 Å². The Bertz CT molecular complexity index is 349. The Hall–Kier alpha value is -1.06. The first-order valence-electron chi connectivity index (χ1n) is 8.03. The number of aliphatic carboxylic acids is 2. The minimum atomic E-state index is -0.788. The summed E-state index contributed by atoms with van der Waals surface area (Å²) in [5, 5.41) is 18.6. The van der Waals surface area contributed by atoms with Gasteiger partial charge in [0.1, 0.15) is 0 Å². The van der Waals surface area contributed by atoms with E-state index >= 15 is 0 Å². The van der Waals surface area contributed by atoms with Crippen LogP contribution in [0.1, 0.15) is 79.6 Å². The third-order valence-corrected chi connectivity index (χ3v) is 4.38. The molecule has 0 aromatic rings. The van der Waals surface area contributed by atoms with Crippen LogP contribution in [0.2, 0.25) is 0 Å². The average molecular weight is 300 g/mol. The molecule has 2 N–H and O–H groups in total. The van der Waals surface area contributed by atoms with Gasteiger partial charge in [0.25, 0.3) is 0 Å². The summed E-state index contributed by atoms with van der Waals surface area (Å²) >= 11 is 0. The Kier molecular flexibility index (Phi) is 7.98. The number of hydrogen-bond donors (Lipinski definition) is 2. The SMILES string of the molecule is CCCCC(CC)(CC(C)(C)CC(C)CC(=O)O)C(=O)O. The molecule has 0 aliphatic rings. The Morgan fingerprint density at radius 1 is 1.14 bits per heavy atom. The Morgan fingerprint density at radius 3 is 2.10 bits per heavy atom. The van der Waals surface area contributed by atoms with Gasteiger partial charge in [-0.1, -0.05) is 47.5 Å². The van der Waals surface area contributed by atoms with E-state index in [1.165, 1.54) is 0 Å². The molecule has 0 aliphatic heterocycles. The summed E-state index contributed by atoms with van der Waals surface area (Å²) in [6.45, 7) is 10.1. The first-order valence-corrected chi connectivity index (χ1v) is 8.03. The molecule has 0 aromatic heterocycles. The Balaban J connectivity index is 4.95. The molecule has 124 valence electrons. The van der Waals surface area contributed by atoms with Gasteiger partial charge < -0.3 is 10.2 Å². The van der Waals surface area contributed by atoms with Crippen molar-refractivity contribution in [1.82, 2.24) is 0 Å². The highest BCUT2D eigenvalue weighted by Gasteiger charge is 2.41. The minimum Gasteiger partial charge on any atom is -0.481 e. The van der Waals surface area contributed by atoms with Crippen molar-refractivity contribution in [1.29, 1.82) is 0 Å². The predicted octanol–water partition coefficient (Wildman–Crippen LogP) is 4.57. The molecule has 0 rings (SSSR count). The van der Waals surface area contributed by atoms with E-state index in [1.54, 1.807) is 0 Å². The number of rotatable bonds is 11. The maximum atomic E-state index is 11.8. The lowest BCUT2D eigenvalue weighted by Crippen LogP contribution is -2.36. The third kappa shape index (κ3) is 6.96. The largest absolute Gasteiger partial charge is 0.481 e. The molecular formula is C17H32O4. The highest BCUT2D eigenvalue weighted by molar-refractivity contribution is 5.74. The van der Waals surface area contributed by atoms with E-state index in [0.717, 1.165) is 19.3 Å². The zero-order chi connectivity index (χ0) is 16.7. The van der Waals surface area contributed by atoms with Crippen LogP contribution in [0.15, 0.2) is 0 Å². The molecule has 0 heterocycles. The predicted molar refractivity (Wildman–Crippen MR) is 84.3 cm³/mol. The van der Waals surface area contributed by atoms with Crippen molar-refractivity contribution in [3.63, 3.8) is 0 Å². The molecule has 0 fully saturated rings. The van der Waals surface area contributed by atoms with Crippen molar-refractivity contribution in [3.8, 4) is 0 Å². The summed E-state index contributed by atoms with van der Waals surface area (Å²) in [5.41, 5.74) is -0.848. The molecule has 0 aromatic carbocycles. The average Bonchev–Trinajstić information content (AvgIpc) is 2.32. The van der Waals surface area contributed by atoms with Gasteiger partial charge in [-0.25, -0.2) is 0 Å². The molecule has 4 heteroatoms.